The average Bonchev–Trinajstić information content (AvgIpc) is 2.37. The molecule has 0 bridgehead atoms. The Balaban J connectivity index is 2.35. The minimum absolute atomic E-state index is 0.444. The molecule has 0 fully saturated rings. The van der Waals surface area contributed by atoms with Crippen molar-refractivity contribution in [1.82, 2.24) is 9.97 Å². The predicted octanol–water partition coefficient (Wildman–Crippen LogP) is 2.95. The molecule has 0 saturated carbocycles. The molecule has 0 radical (unpaired) electrons. The van der Waals surface area contributed by atoms with Gasteiger partial charge in [0.05, 0.1) is 5.56 Å². The molecule has 0 aliphatic carbocycles. The number of hydrogen-bond acceptors (Lipinski definition) is 3. The maximum atomic E-state index is 5.95. The van der Waals surface area contributed by atoms with Crippen molar-refractivity contribution in [2.24, 2.45) is 0 Å². The third-order valence-electron chi connectivity index (χ3n) is 2.42. The Hall–Kier alpha value is -2.12. The van der Waals surface area contributed by atoms with Gasteiger partial charge in [0.15, 0.2) is 5.82 Å². The molecule has 0 aliphatic rings. The van der Waals surface area contributed by atoms with Gasteiger partial charge in [-0.2, -0.15) is 0 Å². The van der Waals surface area contributed by atoms with Crippen LogP contribution in [0.5, 0.6) is 0 Å². The van der Waals surface area contributed by atoms with E-state index >= 15 is 0 Å². The Labute approximate surface area is 114 Å². The van der Waals surface area contributed by atoms with Gasteiger partial charge < -0.3 is 5.73 Å². The van der Waals surface area contributed by atoms with E-state index < -0.39 is 8.07 Å². The number of anilines is 1. The molecule has 4 heteroatoms. The van der Waals surface area contributed by atoms with Crippen molar-refractivity contribution < 1.29 is 0 Å². The third-order valence-corrected chi connectivity index (χ3v) is 3.30. The van der Waals surface area contributed by atoms with Crippen LogP contribution in [0.4, 0.5) is 5.82 Å². The van der Waals surface area contributed by atoms with Crippen molar-refractivity contribution in [3.63, 3.8) is 0 Å². The smallest absolute Gasteiger partial charge is 0.161 e. The van der Waals surface area contributed by atoms with E-state index in [2.05, 4.69) is 41.1 Å². The highest BCUT2D eigenvalue weighted by molar-refractivity contribution is 6.83. The maximum Gasteiger partial charge on any atom is 0.161 e. The molecule has 19 heavy (non-hydrogen) atoms. The van der Waals surface area contributed by atoms with Gasteiger partial charge in [-0.3, -0.25) is 0 Å². The summed E-state index contributed by atoms with van der Waals surface area (Å²) in [4.78, 5) is 8.66. The zero-order valence-corrected chi connectivity index (χ0v) is 12.4. The molecule has 96 valence electrons. The van der Waals surface area contributed by atoms with Crippen molar-refractivity contribution in [1.29, 1.82) is 0 Å². The van der Waals surface area contributed by atoms with Crippen molar-refractivity contribution in [2.45, 2.75) is 19.6 Å². The van der Waals surface area contributed by atoms with Gasteiger partial charge in [-0.05, 0) is 0 Å². The molecule has 1 aromatic carbocycles. The molecule has 3 nitrogen and oxygen atoms in total. The molecule has 0 atom stereocenters. The molecule has 0 amide bonds. The first-order valence-corrected chi connectivity index (χ1v) is 9.67. The van der Waals surface area contributed by atoms with E-state index in [-0.39, 0.29) is 0 Å². The van der Waals surface area contributed by atoms with E-state index in [1.165, 1.54) is 0 Å². The number of rotatable bonds is 1. The van der Waals surface area contributed by atoms with E-state index in [9.17, 15) is 0 Å². The molecule has 0 saturated heterocycles. The summed E-state index contributed by atoms with van der Waals surface area (Å²) in [7, 11) is -1.41. The van der Waals surface area contributed by atoms with E-state index in [0.717, 1.165) is 5.56 Å². The van der Waals surface area contributed by atoms with Crippen LogP contribution in [0, 0.1) is 11.5 Å². The van der Waals surface area contributed by atoms with Gasteiger partial charge in [-0.1, -0.05) is 55.9 Å². The fourth-order valence-electron chi connectivity index (χ4n) is 1.47. The summed E-state index contributed by atoms with van der Waals surface area (Å²) in [6.07, 6.45) is 1.71. The second-order valence-corrected chi connectivity index (χ2v) is 10.1. The number of benzene rings is 1. The van der Waals surface area contributed by atoms with Gasteiger partial charge in [0.1, 0.15) is 13.9 Å². The number of nitrogens with two attached hydrogens (primary N) is 1. The Bertz CT molecular complexity index is 634. The zero-order chi connectivity index (χ0) is 13.9. The first-order valence-electron chi connectivity index (χ1n) is 6.17. The zero-order valence-electron chi connectivity index (χ0n) is 11.4. The molecule has 0 unspecified atom stereocenters. The minimum atomic E-state index is -1.41. The molecular formula is C15H17N3Si. The summed E-state index contributed by atoms with van der Waals surface area (Å²) in [5, 5.41) is 0. The van der Waals surface area contributed by atoms with Gasteiger partial charge in [0.2, 0.25) is 0 Å². The fourth-order valence-corrected chi connectivity index (χ4v) is 1.98. The van der Waals surface area contributed by atoms with Gasteiger partial charge in [-0.25, -0.2) is 9.97 Å². The predicted molar refractivity (Wildman–Crippen MR) is 82.1 cm³/mol. The minimum Gasteiger partial charge on any atom is -0.383 e. The van der Waals surface area contributed by atoms with E-state index in [1.54, 1.807) is 6.20 Å². The third kappa shape index (κ3) is 3.67. The number of aromatic nitrogens is 2. The number of hydrogen-bond donors (Lipinski definition) is 1. The quantitative estimate of drug-likeness (QED) is 0.638. The van der Waals surface area contributed by atoms with Crippen molar-refractivity contribution in [2.75, 3.05) is 5.73 Å². The Morgan fingerprint density at radius 3 is 2.37 bits per heavy atom. The van der Waals surface area contributed by atoms with Crippen molar-refractivity contribution in [3.05, 3.63) is 42.1 Å². The molecule has 1 aromatic heterocycles. The lowest BCUT2D eigenvalue weighted by Crippen LogP contribution is -2.16. The van der Waals surface area contributed by atoms with E-state index in [1.807, 2.05) is 30.3 Å². The fraction of sp³-hybridized carbons (Fsp3) is 0.200. The maximum absolute atomic E-state index is 5.95. The van der Waals surface area contributed by atoms with E-state index in [0.29, 0.717) is 17.2 Å². The largest absolute Gasteiger partial charge is 0.383 e. The summed E-state index contributed by atoms with van der Waals surface area (Å²) in [5.41, 5.74) is 10.9. The van der Waals surface area contributed by atoms with Gasteiger partial charge in [-0.15, -0.1) is 5.54 Å². The van der Waals surface area contributed by atoms with Crippen LogP contribution < -0.4 is 5.73 Å². The highest BCUT2D eigenvalue weighted by Crippen LogP contribution is 2.16. The number of nitrogens with zero attached hydrogens (tertiary/aromatic N) is 2. The first-order chi connectivity index (χ1) is 8.96. The molecule has 2 aromatic rings. The van der Waals surface area contributed by atoms with Crippen LogP contribution >= 0.6 is 0 Å². The van der Waals surface area contributed by atoms with Crippen LogP contribution in [0.15, 0.2) is 36.5 Å². The summed E-state index contributed by atoms with van der Waals surface area (Å²) in [6, 6.07) is 9.78. The second-order valence-electron chi connectivity index (χ2n) is 5.36. The Morgan fingerprint density at radius 1 is 1.11 bits per heavy atom. The summed E-state index contributed by atoms with van der Waals surface area (Å²) >= 11 is 0. The van der Waals surface area contributed by atoms with Crippen LogP contribution in [-0.4, -0.2) is 18.0 Å². The van der Waals surface area contributed by atoms with Gasteiger partial charge in [0.25, 0.3) is 0 Å². The van der Waals surface area contributed by atoms with Crippen molar-refractivity contribution in [3.8, 4) is 22.9 Å². The Morgan fingerprint density at radius 2 is 1.79 bits per heavy atom. The molecular weight excluding hydrogens is 250 g/mol. The van der Waals surface area contributed by atoms with Crippen LogP contribution in [0.2, 0.25) is 19.6 Å². The SMILES string of the molecule is C[Si](C)(C)C#Cc1cnc(-c2ccccc2)nc1N. The van der Waals surface area contributed by atoms with Crippen molar-refractivity contribution >= 4 is 13.9 Å². The Kier molecular flexibility index (Phi) is 3.68. The molecule has 2 N–H and O–H groups in total. The van der Waals surface area contributed by atoms with Crippen LogP contribution in [0.1, 0.15) is 5.56 Å². The standard InChI is InChI=1S/C15H17N3Si/c1-19(2,3)10-9-13-11-17-15(18-14(13)16)12-7-5-4-6-8-12/h4-8,11H,1-3H3,(H2,16,17,18). The summed E-state index contributed by atoms with van der Waals surface area (Å²) in [6.45, 7) is 6.57. The topological polar surface area (TPSA) is 51.8 Å². The summed E-state index contributed by atoms with van der Waals surface area (Å²) < 4.78 is 0. The van der Waals surface area contributed by atoms with Gasteiger partial charge in [0, 0.05) is 11.8 Å². The molecule has 0 aliphatic heterocycles. The lowest BCUT2D eigenvalue weighted by atomic mass is 10.2. The van der Waals surface area contributed by atoms with Crippen LogP contribution in [0.3, 0.4) is 0 Å². The lowest BCUT2D eigenvalue weighted by molar-refractivity contribution is 1.17. The highest BCUT2D eigenvalue weighted by atomic mass is 28.3. The average molecular weight is 267 g/mol. The number of nitrogen functional groups attached to an aromatic ring is 1. The normalized spacial score (nSPS) is 10.7. The monoisotopic (exact) mass is 267 g/mol. The first kappa shape index (κ1) is 13.3. The van der Waals surface area contributed by atoms with Crippen LogP contribution in [-0.2, 0) is 0 Å². The second kappa shape index (κ2) is 5.25. The molecule has 2 rings (SSSR count). The lowest BCUT2D eigenvalue weighted by Gasteiger charge is -2.05. The highest BCUT2D eigenvalue weighted by Gasteiger charge is 2.09. The molecule has 1 heterocycles. The molecule has 0 spiro atoms. The van der Waals surface area contributed by atoms with E-state index in [4.69, 9.17) is 5.73 Å². The van der Waals surface area contributed by atoms with Gasteiger partial charge >= 0.3 is 0 Å². The summed E-state index contributed by atoms with van der Waals surface area (Å²) in [5.74, 6) is 4.17. The van der Waals surface area contributed by atoms with Crippen LogP contribution in [0.25, 0.3) is 11.4 Å².